The van der Waals surface area contributed by atoms with Crippen molar-refractivity contribution < 1.29 is 9.90 Å². The highest BCUT2D eigenvalue weighted by molar-refractivity contribution is 6.30. The summed E-state index contributed by atoms with van der Waals surface area (Å²) >= 11 is 6.16. The van der Waals surface area contributed by atoms with Gasteiger partial charge in [0.2, 0.25) is 5.95 Å². The number of amides is 1. The molecule has 33 heavy (non-hydrogen) atoms. The molecule has 168 valence electrons. The summed E-state index contributed by atoms with van der Waals surface area (Å²) in [7, 11) is 0. The van der Waals surface area contributed by atoms with E-state index in [2.05, 4.69) is 20.7 Å². The van der Waals surface area contributed by atoms with Gasteiger partial charge >= 0.3 is 0 Å². The van der Waals surface area contributed by atoms with Gasteiger partial charge in [0.15, 0.2) is 5.65 Å². The number of carbonyl (C=O) groups is 1. The number of carbonyl (C=O) groups excluding carboxylic acids is 1. The van der Waals surface area contributed by atoms with Gasteiger partial charge in [0.1, 0.15) is 0 Å². The van der Waals surface area contributed by atoms with Gasteiger partial charge in [-0.05, 0) is 61.4 Å². The highest BCUT2D eigenvalue weighted by Crippen LogP contribution is 2.25. The van der Waals surface area contributed by atoms with E-state index in [4.69, 9.17) is 11.6 Å². The first-order chi connectivity index (χ1) is 16.1. The predicted molar refractivity (Wildman–Crippen MR) is 129 cm³/mol. The van der Waals surface area contributed by atoms with Gasteiger partial charge in [0.25, 0.3) is 5.91 Å². The van der Waals surface area contributed by atoms with Crippen LogP contribution < -0.4 is 10.6 Å². The summed E-state index contributed by atoms with van der Waals surface area (Å²) in [6.45, 7) is 0. The number of hydrogen-bond donors (Lipinski definition) is 3. The van der Waals surface area contributed by atoms with Crippen LogP contribution in [0.4, 0.5) is 11.6 Å². The molecule has 2 atom stereocenters. The van der Waals surface area contributed by atoms with Crippen LogP contribution in [0.2, 0.25) is 5.02 Å². The Hall–Kier alpha value is -3.42. The second-order valence-corrected chi connectivity index (χ2v) is 8.70. The largest absolute Gasteiger partial charge is 0.391 e. The molecular formula is C25H24ClN5O2. The topological polar surface area (TPSA) is 91.5 Å². The standard InChI is InChI=1S/C25H24ClN5O2/c26-18-6-3-5-17(15-18)21-8-4-10-23-29-25(30-31(21)23)27-19-13-11-16(12-14-19)24(33)28-20-7-1-2-9-22(20)32/h3-6,8,10-15,20,22,32H,1-2,7,9H2,(H,27,30)(H,28,33). The Morgan fingerprint density at radius 3 is 2.61 bits per heavy atom. The lowest BCUT2D eigenvalue weighted by atomic mass is 9.92. The first-order valence-corrected chi connectivity index (χ1v) is 11.4. The van der Waals surface area contributed by atoms with Crippen LogP contribution in [0.5, 0.6) is 0 Å². The minimum Gasteiger partial charge on any atom is -0.391 e. The van der Waals surface area contributed by atoms with Crippen molar-refractivity contribution in [1.29, 1.82) is 0 Å². The highest BCUT2D eigenvalue weighted by atomic mass is 35.5. The molecule has 0 saturated heterocycles. The van der Waals surface area contributed by atoms with Crippen molar-refractivity contribution in [1.82, 2.24) is 19.9 Å². The summed E-state index contributed by atoms with van der Waals surface area (Å²) in [4.78, 5) is 17.1. The molecule has 1 saturated carbocycles. The molecular weight excluding hydrogens is 438 g/mol. The van der Waals surface area contributed by atoms with E-state index in [9.17, 15) is 9.90 Å². The maximum Gasteiger partial charge on any atom is 0.251 e. The molecule has 5 rings (SSSR count). The molecule has 1 amide bonds. The second kappa shape index (κ2) is 9.21. The van der Waals surface area contributed by atoms with E-state index in [0.717, 1.165) is 42.6 Å². The smallest absolute Gasteiger partial charge is 0.251 e. The SMILES string of the molecule is O=C(NC1CCCCC1O)c1ccc(Nc2nc3cccc(-c4cccc(Cl)c4)n3n2)cc1. The Morgan fingerprint density at radius 1 is 1.03 bits per heavy atom. The van der Waals surface area contributed by atoms with Crippen LogP contribution in [0.3, 0.4) is 0 Å². The first-order valence-electron chi connectivity index (χ1n) is 11.0. The van der Waals surface area contributed by atoms with E-state index >= 15 is 0 Å². The molecule has 1 fully saturated rings. The summed E-state index contributed by atoms with van der Waals surface area (Å²) in [5.41, 5.74) is 3.85. The number of rotatable bonds is 5. The highest BCUT2D eigenvalue weighted by Gasteiger charge is 2.24. The Balaban J connectivity index is 1.32. The molecule has 1 aliphatic rings. The van der Waals surface area contributed by atoms with Gasteiger partial charge in [-0.2, -0.15) is 4.98 Å². The van der Waals surface area contributed by atoms with Crippen molar-refractivity contribution >= 4 is 34.8 Å². The minimum atomic E-state index is -0.471. The number of nitrogens with one attached hydrogen (secondary N) is 2. The number of halogens is 1. The third-order valence-corrected chi connectivity index (χ3v) is 6.16. The van der Waals surface area contributed by atoms with Crippen LogP contribution in [-0.2, 0) is 0 Å². The van der Waals surface area contributed by atoms with E-state index in [1.165, 1.54) is 0 Å². The lowest BCUT2D eigenvalue weighted by molar-refractivity contribution is 0.0717. The number of aromatic nitrogens is 3. The van der Waals surface area contributed by atoms with Crippen molar-refractivity contribution in [3.63, 3.8) is 0 Å². The van der Waals surface area contributed by atoms with Crippen LogP contribution in [0, 0.1) is 0 Å². The number of nitrogens with zero attached hydrogens (tertiary/aromatic N) is 3. The van der Waals surface area contributed by atoms with Gasteiger partial charge in [0, 0.05) is 21.8 Å². The lowest BCUT2D eigenvalue weighted by Crippen LogP contribution is -2.45. The maximum absolute atomic E-state index is 12.6. The number of aliphatic hydroxyl groups excluding tert-OH is 1. The molecule has 0 radical (unpaired) electrons. The first kappa shape index (κ1) is 21.4. The molecule has 2 aromatic carbocycles. The van der Waals surface area contributed by atoms with Gasteiger partial charge in [-0.25, -0.2) is 4.52 Å². The van der Waals surface area contributed by atoms with E-state index in [-0.39, 0.29) is 11.9 Å². The summed E-state index contributed by atoms with van der Waals surface area (Å²) in [5, 5.41) is 21.5. The maximum atomic E-state index is 12.6. The van der Waals surface area contributed by atoms with Crippen LogP contribution in [0.1, 0.15) is 36.0 Å². The van der Waals surface area contributed by atoms with E-state index in [1.54, 1.807) is 16.6 Å². The molecule has 8 heteroatoms. The number of aliphatic hydroxyl groups is 1. The molecule has 4 aromatic rings. The third kappa shape index (κ3) is 4.69. The van der Waals surface area contributed by atoms with Crippen molar-refractivity contribution in [3.05, 3.63) is 77.3 Å². The molecule has 0 aliphatic heterocycles. The normalized spacial score (nSPS) is 18.2. The summed E-state index contributed by atoms with van der Waals surface area (Å²) < 4.78 is 1.77. The van der Waals surface area contributed by atoms with Crippen LogP contribution in [-0.4, -0.2) is 37.8 Å². The van der Waals surface area contributed by atoms with Crippen LogP contribution in [0.25, 0.3) is 16.9 Å². The van der Waals surface area contributed by atoms with Crippen LogP contribution in [0.15, 0.2) is 66.7 Å². The Bertz CT molecular complexity index is 1290. The van der Waals surface area contributed by atoms with Gasteiger partial charge in [-0.1, -0.05) is 42.6 Å². The molecule has 2 unspecified atom stereocenters. The number of hydrogen-bond acceptors (Lipinski definition) is 5. The molecule has 3 N–H and O–H groups in total. The molecule has 2 aromatic heterocycles. The average Bonchev–Trinajstić information content (AvgIpc) is 3.23. The van der Waals surface area contributed by atoms with Crippen LogP contribution >= 0.6 is 11.6 Å². The molecule has 0 bridgehead atoms. The Morgan fingerprint density at radius 2 is 1.82 bits per heavy atom. The number of fused-ring (bicyclic) bond motifs is 1. The fourth-order valence-electron chi connectivity index (χ4n) is 4.19. The van der Waals surface area contributed by atoms with Crippen molar-refractivity contribution in [2.24, 2.45) is 0 Å². The van der Waals surface area contributed by atoms with Crippen molar-refractivity contribution in [2.75, 3.05) is 5.32 Å². The van der Waals surface area contributed by atoms with E-state index in [1.807, 2.05) is 54.6 Å². The van der Waals surface area contributed by atoms with Gasteiger partial charge in [-0.15, -0.1) is 5.10 Å². The number of anilines is 2. The average molecular weight is 462 g/mol. The van der Waals surface area contributed by atoms with Gasteiger partial charge in [0.05, 0.1) is 17.8 Å². The number of benzene rings is 2. The van der Waals surface area contributed by atoms with Gasteiger partial charge in [-0.3, -0.25) is 4.79 Å². The zero-order valence-electron chi connectivity index (χ0n) is 17.9. The summed E-state index contributed by atoms with van der Waals surface area (Å²) in [5.74, 6) is 0.275. The monoisotopic (exact) mass is 461 g/mol. The van der Waals surface area contributed by atoms with E-state index in [0.29, 0.717) is 22.2 Å². The summed E-state index contributed by atoms with van der Waals surface area (Å²) in [6, 6.07) is 20.3. The number of pyridine rings is 1. The molecule has 0 spiro atoms. The molecule has 7 nitrogen and oxygen atoms in total. The fourth-order valence-corrected chi connectivity index (χ4v) is 4.38. The summed E-state index contributed by atoms with van der Waals surface area (Å²) in [6.07, 6.45) is 3.10. The van der Waals surface area contributed by atoms with Crippen molar-refractivity contribution in [3.8, 4) is 11.3 Å². The fraction of sp³-hybridized carbons (Fsp3) is 0.240. The zero-order chi connectivity index (χ0) is 22.8. The quantitative estimate of drug-likeness (QED) is 0.396. The van der Waals surface area contributed by atoms with Crippen molar-refractivity contribution in [2.45, 2.75) is 37.8 Å². The zero-order valence-corrected chi connectivity index (χ0v) is 18.7. The third-order valence-electron chi connectivity index (χ3n) is 5.93. The predicted octanol–water partition coefficient (Wildman–Crippen LogP) is 4.83. The minimum absolute atomic E-state index is 0.176. The Kier molecular flexibility index (Phi) is 5.98. The molecule has 2 heterocycles. The lowest BCUT2D eigenvalue weighted by Gasteiger charge is -2.28. The van der Waals surface area contributed by atoms with Gasteiger partial charge < -0.3 is 15.7 Å². The molecule has 1 aliphatic carbocycles. The Labute approximate surface area is 196 Å². The second-order valence-electron chi connectivity index (χ2n) is 8.26. The van der Waals surface area contributed by atoms with E-state index < -0.39 is 6.10 Å².